The molecule has 2 atom stereocenters. The van der Waals surface area contributed by atoms with Gasteiger partial charge in [0.15, 0.2) is 5.79 Å². The first kappa shape index (κ1) is 16.7. The summed E-state index contributed by atoms with van der Waals surface area (Å²) in [5.41, 5.74) is -0.565. The molecule has 8 nitrogen and oxygen atoms in total. The van der Waals surface area contributed by atoms with Crippen LogP contribution in [-0.2, 0) is 20.8 Å². The Labute approximate surface area is 130 Å². The molecule has 124 valence electrons. The largest absolute Gasteiger partial charge is 0.444 e. The number of nitrogens with zero attached hydrogens (tertiary/aromatic N) is 3. The molecule has 8 heteroatoms. The average molecular weight is 312 g/mol. The van der Waals surface area contributed by atoms with Crippen LogP contribution in [0.4, 0.5) is 4.79 Å². The maximum absolute atomic E-state index is 12.0. The highest BCUT2D eigenvalue weighted by atomic mass is 16.7. The van der Waals surface area contributed by atoms with Crippen molar-refractivity contribution in [3.8, 4) is 0 Å². The molecule has 1 amide bonds. The second-order valence-electron chi connectivity index (χ2n) is 6.70. The first-order valence-corrected chi connectivity index (χ1v) is 7.30. The van der Waals surface area contributed by atoms with Gasteiger partial charge in [-0.2, -0.15) is 15.0 Å². The summed E-state index contributed by atoms with van der Waals surface area (Å²) in [7, 11) is 0. The lowest BCUT2D eigenvalue weighted by atomic mass is 10.1. The zero-order chi connectivity index (χ0) is 16.4. The number of carbonyl (C=O) groups excluding carboxylic acids is 1. The van der Waals surface area contributed by atoms with E-state index in [1.54, 1.807) is 12.4 Å². The van der Waals surface area contributed by atoms with E-state index in [9.17, 15) is 4.79 Å². The molecule has 1 fully saturated rings. The number of hydrogen-bond acceptors (Lipinski definition) is 6. The van der Waals surface area contributed by atoms with Crippen molar-refractivity contribution in [2.75, 3.05) is 6.61 Å². The summed E-state index contributed by atoms with van der Waals surface area (Å²) >= 11 is 0. The molecule has 1 saturated heterocycles. The third kappa shape index (κ3) is 4.96. The fraction of sp³-hybridized carbons (Fsp3) is 0.786. The molecule has 1 aliphatic rings. The van der Waals surface area contributed by atoms with Gasteiger partial charge in [0.05, 0.1) is 31.6 Å². The summed E-state index contributed by atoms with van der Waals surface area (Å²) in [5, 5.41) is 11.0. The van der Waals surface area contributed by atoms with Crippen LogP contribution < -0.4 is 5.32 Å². The Morgan fingerprint density at radius 1 is 1.45 bits per heavy atom. The molecular formula is C14H24N4O4. The lowest BCUT2D eigenvalue weighted by Gasteiger charge is -2.27. The maximum atomic E-state index is 12.0. The van der Waals surface area contributed by atoms with Crippen LogP contribution in [0.1, 0.15) is 34.6 Å². The number of aromatic nitrogens is 3. The summed E-state index contributed by atoms with van der Waals surface area (Å²) in [6.45, 7) is 9.87. The van der Waals surface area contributed by atoms with E-state index in [2.05, 4.69) is 15.5 Å². The number of amides is 1. The van der Waals surface area contributed by atoms with Gasteiger partial charge in [-0.1, -0.05) is 0 Å². The van der Waals surface area contributed by atoms with E-state index in [1.165, 1.54) is 4.80 Å². The predicted octanol–water partition coefficient (Wildman–Crippen LogP) is 1.32. The van der Waals surface area contributed by atoms with E-state index in [-0.39, 0.29) is 12.1 Å². The van der Waals surface area contributed by atoms with Gasteiger partial charge in [-0.25, -0.2) is 4.79 Å². The molecular weight excluding hydrogens is 288 g/mol. The molecule has 1 aliphatic heterocycles. The number of rotatable bonds is 4. The minimum atomic E-state index is -0.671. The fourth-order valence-electron chi connectivity index (χ4n) is 2.14. The summed E-state index contributed by atoms with van der Waals surface area (Å²) in [5.74, 6) is -0.671. The second kappa shape index (κ2) is 6.21. The van der Waals surface area contributed by atoms with Gasteiger partial charge >= 0.3 is 6.09 Å². The summed E-state index contributed by atoms with van der Waals surface area (Å²) in [4.78, 5) is 13.5. The van der Waals surface area contributed by atoms with Crippen molar-refractivity contribution in [1.29, 1.82) is 0 Å². The molecule has 0 unspecified atom stereocenters. The summed E-state index contributed by atoms with van der Waals surface area (Å²) < 4.78 is 16.7. The van der Waals surface area contributed by atoms with E-state index < -0.39 is 17.5 Å². The van der Waals surface area contributed by atoms with Gasteiger partial charge in [-0.05, 0) is 34.6 Å². The van der Waals surface area contributed by atoms with Crippen LogP contribution >= 0.6 is 0 Å². The maximum Gasteiger partial charge on any atom is 0.408 e. The first-order chi connectivity index (χ1) is 10.1. The van der Waals surface area contributed by atoms with E-state index in [1.807, 2.05) is 34.6 Å². The topological polar surface area (TPSA) is 87.5 Å². The lowest BCUT2D eigenvalue weighted by Crippen LogP contribution is -2.49. The van der Waals surface area contributed by atoms with Crippen molar-refractivity contribution in [2.45, 2.75) is 64.7 Å². The van der Waals surface area contributed by atoms with Gasteiger partial charge < -0.3 is 19.5 Å². The molecule has 1 aromatic rings. The molecule has 1 aromatic heterocycles. The van der Waals surface area contributed by atoms with Crippen LogP contribution in [0.3, 0.4) is 0 Å². The Hall–Kier alpha value is -1.67. The number of ether oxygens (including phenoxy) is 3. The van der Waals surface area contributed by atoms with E-state index in [0.29, 0.717) is 13.2 Å². The minimum Gasteiger partial charge on any atom is -0.444 e. The Kier molecular flexibility index (Phi) is 4.72. The van der Waals surface area contributed by atoms with Crippen LogP contribution in [0.5, 0.6) is 0 Å². The van der Waals surface area contributed by atoms with Gasteiger partial charge in [0.25, 0.3) is 0 Å². The highest BCUT2D eigenvalue weighted by molar-refractivity contribution is 5.68. The number of hydrogen-bond donors (Lipinski definition) is 1. The van der Waals surface area contributed by atoms with E-state index >= 15 is 0 Å². The Balaban J connectivity index is 2.03. The molecule has 1 N–H and O–H groups in total. The fourth-order valence-corrected chi connectivity index (χ4v) is 2.14. The van der Waals surface area contributed by atoms with Gasteiger partial charge in [0.1, 0.15) is 11.7 Å². The Morgan fingerprint density at radius 2 is 2.09 bits per heavy atom. The smallest absolute Gasteiger partial charge is 0.408 e. The Bertz CT molecular complexity index is 495. The van der Waals surface area contributed by atoms with Gasteiger partial charge in [0.2, 0.25) is 0 Å². The zero-order valence-corrected chi connectivity index (χ0v) is 13.7. The van der Waals surface area contributed by atoms with Crippen molar-refractivity contribution in [3.63, 3.8) is 0 Å². The second-order valence-corrected chi connectivity index (χ2v) is 6.70. The highest BCUT2D eigenvalue weighted by Gasteiger charge is 2.39. The number of nitrogens with one attached hydrogen (secondary N) is 1. The van der Waals surface area contributed by atoms with Crippen molar-refractivity contribution >= 4 is 6.09 Å². The number of carbonyl (C=O) groups is 1. The highest BCUT2D eigenvalue weighted by Crippen LogP contribution is 2.24. The van der Waals surface area contributed by atoms with Gasteiger partial charge in [-0.15, -0.1) is 0 Å². The van der Waals surface area contributed by atoms with Gasteiger partial charge in [0, 0.05) is 0 Å². The summed E-state index contributed by atoms with van der Waals surface area (Å²) in [6.07, 6.45) is 2.37. The van der Waals surface area contributed by atoms with Crippen LogP contribution in [-0.4, -0.2) is 51.2 Å². The zero-order valence-electron chi connectivity index (χ0n) is 13.7. The minimum absolute atomic E-state index is 0.298. The normalized spacial score (nSPS) is 22.3. The lowest BCUT2D eigenvalue weighted by molar-refractivity contribution is -0.142. The third-order valence-electron chi connectivity index (χ3n) is 3.01. The molecule has 0 radical (unpaired) electrons. The molecule has 0 saturated carbocycles. The first-order valence-electron chi connectivity index (χ1n) is 7.30. The number of alkyl carbamates (subject to hydrolysis) is 1. The standard InChI is InChI=1S/C14H24N4O4/c1-13(2,3)22-12(19)17-10(8-18-15-6-7-16-18)11-9-20-14(4,5)21-11/h6-7,10-11H,8-9H2,1-5H3,(H,17,19)/t10-,11-/m1/s1. The quantitative estimate of drug-likeness (QED) is 0.902. The third-order valence-corrected chi connectivity index (χ3v) is 3.01. The van der Waals surface area contributed by atoms with Crippen molar-refractivity contribution in [2.24, 2.45) is 0 Å². The molecule has 0 bridgehead atoms. The molecule has 2 heterocycles. The molecule has 22 heavy (non-hydrogen) atoms. The van der Waals surface area contributed by atoms with E-state index in [0.717, 1.165) is 0 Å². The Morgan fingerprint density at radius 3 is 2.59 bits per heavy atom. The SMILES string of the molecule is CC(C)(C)OC(=O)N[C@H](Cn1nccn1)[C@H]1COC(C)(C)O1. The van der Waals surface area contributed by atoms with Crippen molar-refractivity contribution < 1.29 is 19.0 Å². The monoisotopic (exact) mass is 312 g/mol. The van der Waals surface area contributed by atoms with Crippen LogP contribution in [0.15, 0.2) is 12.4 Å². The molecule has 0 spiro atoms. The predicted molar refractivity (Wildman–Crippen MR) is 78.1 cm³/mol. The van der Waals surface area contributed by atoms with Crippen LogP contribution in [0.25, 0.3) is 0 Å². The average Bonchev–Trinajstić information content (AvgIpc) is 2.95. The van der Waals surface area contributed by atoms with Crippen molar-refractivity contribution in [3.05, 3.63) is 12.4 Å². The van der Waals surface area contributed by atoms with Crippen molar-refractivity contribution in [1.82, 2.24) is 20.3 Å². The molecule has 0 aliphatic carbocycles. The van der Waals surface area contributed by atoms with Crippen LogP contribution in [0.2, 0.25) is 0 Å². The van der Waals surface area contributed by atoms with Gasteiger partial charge in [-0.3, -0.25) is 0 Å². The van der Waals surface area contributed by atoms with Crippen LogP contribution in [0, 0.1) is 0 Å². The molecule has 0 aromatic carbocycles. The summed E-state index contributed by atoms with van der Waals surface area (Å²) in [6, 6.07) is -0.357. The molecule has 2 rings (SSSR count). The van der Waals surface area contributed by atoms with E-state index in [4.69, 9.17) is 14.2 Å².